The molecule has 1 aromatic rings. The average Bonchev–Trinajstić information content (AvgIpc) is 3.25. The smallest absolute Gasteiger partial charge is 0.255 e. The lowest BCUT2D eigenvalue weighted by atomic mass is 9.54. The quantitative estimate of drug-likeness (QED) is 0.143. The van der Waals surface area contributed by atoms with Crippen molar-refractivity contribution in [3.63, 3.8) is 0 Å². The van der Waals surface area contributed by atoms with Crippen molar-refractivity contribution in [3.05, 3.63) is 29.3 Å². The zero-order valence-corrected chi connectivity index (χ0v) is 26.2. The molecule has 7 heteroatoms. The Balaban J connectivity index is 0.918. The zero-order chi connectivity index (χ0) is 28.9. The maximum Gasteiger partial charge on any atom is 0.255 e. The van der Waals surface area contributed by atoms with Gasteiger partial charge in [-0.15, -0.1) is 11.8 Å². The normalized spacial score (nSPS) is 29.5. The van der Waals surface area contributed by atoms with Crippen LogP contribution in [0.1, 0.15) is 126 Å². The number of hydrogen-bond acceptors (Lipinski definition) is 5. The van der Waals surface area contributed by atoms with Crippen LogP contribution in [0.3, 0.4) is 0 Å². The monoisotopic (exact) mass is 581 g/mol. The van der Waals surface area contributed by atoms with Crippen LogP contribution in [0.15, 0.2) is 23.1 Å². The van der Waals surface area contributed by atoms with Gasteiger partial charge in [0.05, 0.1) is 0 Å². The van der Waals surface area contributed by atoms with Gasteiger partial charge in [0.1, 0.15) is 6.04 Å². The summed E-state index contributed by atoms with van der Waals surface area (Å²) in [7, 11) is 0. The molecule has 4 unspecified atom stereocenters. The van der Waals surface area contributed by atoms with Crippen LogP contribution in [0.2, 0.25) is 0 Å². The maximum atomic E-state index is 13.0. The highest BCUT2D eigenvalue weighted by Gasteiger charge is 2.45. The number of carbonyl (C=O) groups excluding carboxylic acids is 3. The highest BCUT2D eigenvalue weighted by atomic mass is 32.2. The molecule has 41 heavy (non-hydrogen) atoms. The molecule has 1 saturated heterocycles. The van der Waals surface area contributed by atoms with Gasteiger partial charge in [0, 0.05) is 23.4 Å². The fourth-order valence-electron chi connectivity index (χ4n) is 8.49. The van der Waals surface area contributed by atoms with Crippen LogP contribution in [0.25, 0.3) is 0 Å². The molecule has 0 spiro atoms. The van der Waals surface area contributed by atoms with Crippen LogP contribution in [-0.2, 0) is 16.1 Å². The lowest BCUT2D eigenvalue weighted by molar-refractivity contribution is -0.136. The van der Waals surface area contributed by atoms with Gasteiger partial charge < -0.3 is 10.2 Å². The van der Waals surface area contributed by atoms with Crippen molar-refractivity contribution in [2.45, 2.75) is 128 Å². The second-order valence-electron chi connectivity index (χ2n) is 14.1. The van der Waals surface area contributed by atoms with E-state index in [9.17, 15) is 14.4 Å². The van der Waals surface area contributed by atoms with E-state index in [4.69, 9.17) is 0 Å². The third-order valence-corrected chi connectivity index (χ3v) is 11.4. The SMILES string of the molecule is CC12CCCC(C1)CC(C)(CCNCCCCCCCCSc1cccc3c1CN(C1CCC(=O)NC1=O)C3=O)C2. The van der Waals surface area contributed by atoms with Crippen LogP contribution < -0.4 is 10.6 Å². The number of nitrogens with one attached hydrogen (secondary N) is 2. The summed E-state index contributed by atoms with van der Waals surface area (Å²) in [4.78, 5) is 39.7. The summed E-state index contributed by atoms with van der Waals surface area (Å²) in [6.07, 6.45) is 18.4. The van der Waals surface area contributed by atoms with Crippen molar-refractivity contribution in [1.29, 1.82) is 0 Å². The second-order valence-corrected chi connectivity index (χ2v) is 15.3. The van der Waals surface area contributed by atoms with E-state index in [2.05, 4.69) is 30.5 Å². The fraction of sp³-hybridized carbons (Fsp3) is 0.735. The molecule has 5 rings (SSSR count). The first kappa shape index (κ1) is 30.6. The van der Waals surface area contributed by atoms with E-state index < -0.39 is 6.04 Å². The Bertz CT molecular complexity index is 1110. The van der Waals surface area contributed by atoms with Crippen molar-refractivity contribution in [1.82, 2.24) is 15.5 Å². The molecular weight excluding hydrogens is 530 g/mol. The van der Waals surface area contributed by atoms with Gasteiger partial charge >= 0.3 is 0 Å². The molecule has 2 bridgehead atoms. The van der Waals surface area contributed by atoms with Gasteiger partial charge in [-0.25, -0.2) is 0 Å². The molecule has 6 nitrogen and oxygen atoms in total. The number of thioether (sulfide) groups is 1. The summed E-state index contributed by atoms with van der Waals surface area (Å²) in [5.74, 6) is 1.34. The first-order chi connectivity index (χ1) is 19.8. The first-order valence-electron chi connectivity index (χ1n) is 16.4. The number of hydrogen-bond donors (Lipinski definition) is 2. The minimum absolute atomic E-state index is 0.0914. The van der Waals surface area contributed by atoms with Crippen LogP contribution in [0.4, 0.5) is 0 Å². The summed E-state index contributed by atoms with van der Waals surface area (Å²) in [5.41, 5.74) is 2.91. The Hall–Kier alpha value is -1.86. The summed E-state index contributed by atoms with van der Waals surface area (Å²) in [6, 6.07) is 5.35. The van der Waals surface area contributed by atoms with Crippen molar-refractivity contribution >= 4 is 29.5 Å². The summed E-state index contributed by atoms with van der Waals surface area (Å²) in [6.45, 7) is 7.90. The number of benzene rings is 1. The van der Waals surface area contributed by atoms with Gasteiger partial charge in [0.2, 0.25) is 11.8 Å². The van der Waals surface area contributed by atoms with Gasteiger partial charge in [0.15, 0.2) is 0 Å². The maximum absolute atomic E-state index is 13.0. The Kier molecular flexibility index (Phi) is 10.2. The fourth-order valence-corrected chi connectivity index (χ4v) is 9.58. The molecule has 3 amide bonds. The minimum atomic E-state index is -0.552. The molecule has 3 fully saturated rings. The third kappa shape index (κ3) is 7.76. The summed E-state index contributed by atoms with van der Waals surface area (Å²) in [5, 5.41) is 6.13. The topological polar surface area (TPSA) is 78.5 Å². The van der Waals surface area contributed by atoms with Gasteiger partial charge in [-0.3, -0.25) is 19.7 Å². The molecule has 0 aromatic heterocycles. The van der Waals surface area contributed by atoms with E-state index >= 15 is 0 Å². The van der Waals surface area contributed by atoms with Crippen LogP contribution >= 0.6 is 11.8 Å². The summed E-state index contributed by atoms with van der Waals surface area (Å²) >= 11 is 1.83. The predicted octanol–water partition coefficient (Wildman–Crippen LogP) is 6.86. The van der Waals surface area contributed by atoms with Crippen molar-refractivity contribution < 1.29 is 14.4 Å². The van der Waals surface area contributed by atoms with Gasteiger partial charge in [0.25, 0.3) is 5.91 Å². The molecular formula is C34H51N3O3S. The number of carbonyl (C=O) groups is 3. The molecule has 0 radical (unpaired) electrons. The molecule has 2 heterocycles. The minimum Gasteiger partial charge on any atom is -0.322 e. The number of unbranched alkanes of at least 4 members (excludes halogenated alkanes) is 5. The van der Waals surface area contributed by atoms with E-state index in [1.54, 1.807) is 4.90 Å². The van der Waals surface area contributed by atoms with Gasteiger partial charge in [-0.2, -0.15) is 0 Å². The zero-order valence-electron chi connectivity index (χ0n) is 25.4. The molecule has 4 aliphatic rings. The highest BCUT2D eigenvalue weighted by Crippen LogP contribution is 2.56. The molecule has 2 saturated carbocycles. The first-order valence-corrected chi connectivity index (χ1v) is 17.3. The lowest BCUT2D eigenvalue weighted by Gasteiger charge is -2.51. The Morgan fingerprint density at radius 1 is 1.00 bits per heavy atom. The highest BCUT2D eigenvalue weighted by molar-refractivity contribution is 7.99. The van der Waals surface area contributed by atoms with Crippen molar-refractivity contribution in [3.8, 4) is 0 Å². The molecule has 2 aliphatic heterocycles. The third-order valence-electron chi connectivity index (χ3n) is 10.3. The molecule has 4 atom stereocenters. The number of piperidine rings is 1. The van der Waals surface area contributed by atoms with Crippen LogP contribution in [-0.4, -0.2) is 47.5 Å². The van der Waals surface area contributed by atoms with E-state index in [1.807, 2.05) is 23.9 Å². The number of amides is 3. The van der Waals surface area contributed by atoms with Crippen LogP contribution in [0, 0.1) is 16.7 Å². The number of imide groups is 1. The van der Waals surface area contributed by atoms with Gasteiger partial charge in [-0.05, 0) is 105 Å². The molecule has 2 N–H and O–H groups in total. The van der Waals surface area contributed by atoms with E-state index in [0.29, 0.717) is 29.4 Å². The van der Waals surface area contributed by atoms with E-state index in [-0.39, 0.29) is 24.1 Å². The van der Waals surface area contributed by atoms with Crippen molar-refractivity contribution in [2.75, 3.05) is 18.8 Å². The molecule has 226 valence electrons. The van der Waals surface area contributed by atoms with Crippen LogP contribution in [0.5, 0.6) is 0 Å². The standard InChI is InChI=1S/C34H51N3O3S/c1-33-16-10-11-25(21-33)22-34(2,24-33)17-19-35-18-7-5-3-4-6-8-20-41-29-13-9-12-26-27(29)23-37(32(26)40)28-14-15-30(38)36-31(28)39/h9,12-13,25,28,35H,3-8,10-11,14-24H2,1-2H3,(H,36,38,39). The number of nitrogens with zero attached hydrogens (tertiary/aromatic N) is 1. The lowest BCUT2D eigenvalue weighted by Crippen LogP contribution is -2.52. The second kappa shape index (κ2) is 13.6. The molecule has 2 aliphatic carbocycles. The Labute approximate surface area is 251 Å². The Morgan fingerprint density at radius 3 is 2.61 bits per heavy atom. The van der Waals surface area contributed by atoms with Gasteiger partial charge in [-0.1, -0.05) is 58.4 Å². The Morgan fingerprint density at radius 2 is 1.80 bits per heavy atom. The van der Waals surface area contributed by atoms with E-state index in [0.717, 1.165) is 28.7 Å². The average molecular weight is 582 g/mol. The summed E-state index contributed by atoms with van der Waals surface area (Å²) < 4.78 is 0. The predicted molar refractivity (Wildman–Crippen MR) is 166 cm³/mol. The largest absolute Gasteiger partial charge is 0.322 e. The number of fused-ring (bicyclic) bond motifs is 3. The van der Waals surface area contributed by atoms with Crippen molar-refractivity contribution in [2.24, 2.45) is 16.7 Å². The number of rotatable bonds is 14. The van der Waals surface area contributed by atoms with E-state index in [1.165, 1.54) is 90.0 Å². The molecule has 1 aromatic carbocycles.